The Labute approximate surface area is 112 Å². The molecule has 0 atom stereocenters. The second-order valence-electron chi connectivity index (χ2n) is 3.82. The molecule has 0 unspecified atom stereocenters. The Morgan fingerprint density at radius 3 is 2.60 bits per heavy atom. The first-order valence-electron chi connectivity index (χ1n) is 5.42. The van der Waals surface area contributed by atoms with Gasteiger partial charge in [-0.25, -0.2) is 4.98 Å². The van der Waals surface area contributed by atoms with Crippen LogP contribution in [0.25, 0.3) is 11.3 Å². The Bertz CT molecular complexity index is 677. The van der Waals surface area contributed by atoms with Gasteiger partial charge in [-0.1, -0.05) is 12.1 Å². The molecule has 0 bridgehead atoms. The number of halogens is 3. The molecule has 0 aliphatic heterocycles. The van der Waals surface area contributed by atoms with Crippen LogP contribution in [0.5, 0.6) is 5.75 Å². The van der Waals surface area contributed by atoms with Crippen molar-refractivity contribution in [2.45, 2.75) is 6.36 Å². The summed E-state index contributed by atoms with van der Waals surface area (Å²) < 4.78 is 40.3. The van der Waals surface area contributed by atoms with Crippen molar-refractivity contribution in [1.82, 2.24) is 4.98 Å². The Morgan fingerprint density at radius 1 is 1.20 bits per heavy atom. The number of rotatable bonds is 2. The molecule has 20 heavy (non-hydrogen) atoms. The number of nitrogens with zero attached hydrogens (tertiary/aromatic N) is 2. The monoisotopic (exact) mass is 279 g/mol. The summed E-state index contributed by atoms with van der Waals surface area (Å²) in [5.41, 5.74) is 6.67. The fraction of sp³-hybridized carbons (Fsp3) is 0.0769. The topological polar surface area (TPSA) is 71.9 Å². The van der Waals surface area contributed by atoms with Crippen LogP contribution < -0.4 is 10.5 Å². The molecule has 1 heterocycles. The maximum atomic E-state index is 12.2. The standard InChI is InChI=1S/C13H8F3N3O/c14-13(15,16)20-10-3-1-2-8(6-10)12-11(18)5-4-9(7-17)19-12/h1-6H,18H2. The van der Waals surface area contributed by atoms with Crippen LogP contribution in [0.15, 0.2) is 36.4 Å². The number of nitrogens with two attached hydrogens (primary N) is 1. The van der Waals surface area contributed by atoms with Crippen LogP contribution in [-0.4, -0.2) is 11.3 Å². The molecule has 1 aromatic heterocycles. The molecule has 2 rings (SSSR count). The summed E-state index contributed by atoms with van der Waals surface area (Å²) in [6.45, 7) is 0. The average molecular weight is 279 g/mol. The van der Waals surface area contributed by atoms with E-state index in [0.717, 1.165) is 6.07 Å². The molecule has 0 fully saturated rings. The minimum Gasteiger partial charge on any atom is -0.406 e. The van der Waals surface area contributed by atoms with Crippen LogP contribution in [-0.2, 0) is 0 Å². The van der Waals surface area contributed by atoms with Crippen LogP contribution in [0.3, 0.4) is 0 Å². The fourth-order valence-electron chi connectivity index (χ4n) is 1.60. The third-order valence-electron chi connectivity index (χ3n) is 2.38. The molecule has 4 nitrogen and oxygen atoms in total. The molecule has 102 valence electrons. The van der Waals surface area contributed by atoms with E-state index < -0.39 is 6.36 Å². The smallest absolute Gasteiger partial charge is 0.406 e. The highest BCUT2D eigenvalue weighted by atomic mass is 19.4. The van der Waals surface area contributed by atoms with Gasteiger partial charge in [0.25, 0.3) is 0 Å². The summed E-state index contributed by atoms with van der Waals surface area (Å²) in [4.78, 5) is 3.98. The third kappa shape index (κ3) is 3.17. The van der Waals surface area contributed by atoms with Crippen molar-refractivity contribution in [2.24, 2.45) is 0 Å². The highest BCUT2D eigenvalue weighted by Crippen LogP contribution is 2.29. The second-order valence-corrected chi connectivity index (χ2v) is 3.82. The normalized spacial score (nSPS) is 10.9. The van der Waals surface area contributed by atoms with Crippen LogP contribution in [0, 0.1) is 11.3 Å². The molecule has 0 radical (unpaired) electrons. The van der Waals surface area contributed by atoms with Gasteiger partial charge in [0.2, 0.25) is 0 Å². The van der Waals surface area contributed by atoms with Gasteiger partial charge in [-0.3, -0.25) is 0 Å². The number of nitriles is 1. The van der Waals surface area contributed by atoms with Crippen LogP contribution in [0.1, 0.15) is 5.69 Å². The molecular formula is C13H8F3N3O. The predicted molar refractivity (Wildman–Crippen MR) is 65.5 cm³/mol. The summed E-state index contributed by atoms with van der Waals surface area (Å²) in [7, 11) is 0. The van der Waals surface area contributed by atoms with E-state index in [9.17, 15) is 13.2 Å². The maximum absolute atomic E-state index is 12.2. The molecule has 0 aliphatic rings. The quantitative estimate of drug-likeness (QED) is 0.916. The molecule has 0 spiro atoms. The molecular weight excluding hydrogens is 271 g/mol. The highest BCUT2D eigenvalue weighted by Gasteiger charge is 2.31. The average Bonchev–Trinajstić information content (AvgIpc) is 2.37. The van der Waals surface area contributed by atoms with Gasteiger partial charge in [0, 0.05) is 5.56 Å². The number of ether oxygens (including phenoxy) is 1. The van der Waals surface area contributed by atoms with Crippen LogP contribution in [0.2, 0.25) is 0 Å². The zero-order chi connectivity index (χ0) is 14.8. The number of benzene rings is 1. The predicted octanol–water partition coefficient (Wildman–Crippen LogP) is 3.10. The van der Waals surface area contributed by atoms with Gasteiger partial charge in [-0.2, -0.15) is 5.26 Å². The summed E-state index contributed by atoms with van der Waals surface area (Å²) in [5, 5.41) is 8.78. The van der Waals surface area contributed by atoms with Crippen molar-refractivity contribution >= 4 is 5.69 Å². The number of pyridine rings is 1. The van der Waals surface area contributed by atoms with Gasteiger partial charge in [0.15, 0.2) is 0 Å². The third-order valence-corrected chi connectivity index (χ3v) is 2.38. The summed E-state index contributed by atoms with van der Waals surface area (Å²) in [5.74, 6) is -0.376. The van der Waals surface area contributed by atoms with Crippen molar-refractivity contribution in [2.75, 3.05) is 5.73 Å². The molecule has 1 aromatic carbocycles. The number of hydrogen-bond donors (Lipinski definition) is 1. The van der Waals surface area contributed by atoms with Gasteiger partial charge < -0.3 is 10.5 Å². The number of nitrogen functional groups attached to an aromatic ring is 1. The highest BCUT2D eigenvalue weighted by molar-refractivity contribution is 5.73. The lowest BCUT2D eigenvalue weighted by Crippen LogP contribution is -2.17. The van der Waals surface area contributed by atoms with Gasteiger partial charge in [-0.15, -0.1) is 13.2 Å². The molecule has 0 amide bonds. The first-order chi connectivity index (χ1) is 9.39. The minimum absolute atomic E-state index is 0.122. The number of hydrogen-bond acceptors (Lipinski definition) is 4. The molecule has 0 aliphatic carbocycles. The Hall–Kier alpha value is -2.75. The molecule has 7 heteroatoms. The van der Waals surface area contributed by atoms with Gasteiger partial charge in [0.05, 0.1) is 11.4 Å². The largest absolute Gasteiger partial charge is 0.573 e. The van der Waals surface area contributed by atoms with Gasteiger partial charge in [0.1, 0.15) is 17.5 Å². The summed E-state index contributed by atoms with van der Waals surface area (Å²) in [6.07, 6.45) is -4.77. The van der Waals surface area contributed by atoms with Crippen molar-refractivity contribution in [3.63, 3.8) is 0 Å². The van der Waals surface area contributed by atoms with E-state index >= 15 is 0 Å². The molecule has 0 saturated carbocycles. The molecule has 2 aromatic rings. The number of alkyl halides is 3. The van der Waals surface area contributed by atoms with Crippen molar-refractivity contribution in [1.29, 1.82) is 5.26 Å². The van der Waals surface area contributed by atoms with E-state index in [1.807, 2.05) is 6.07 Å². The lowest BCUT2D eigenvalue weighted by molar-refractivity contribution is -0.274. The Balaban J connectivity index is 2.44. The Kier molecular flexibility index (Phi) is 3.48. The molecule has 0 saturated heterocycles. The number of aromatic nitrogens is 1. The zero-order valence-corrected chi connectivity index (χ0v) is 9.98. The zero-order valence-electron chi connectivity index (χ0n) is 9.98. The van der Waals surface area contributed by atoms with E-state index in [4.69, 9.17) is 11.0 Å². The maximum Gasteiger partial charge on any atom is 0.573 e. The lowest BCUT2D eigenvalue weighted by atomic mass is 10.1. The SMILES string of the molecule is N#Cc1ccc(N)c(-c2cccc(OC(F)(F)F)c2)n1. The van der Waals surface area contributed by atoms with E-state index in [1.165, 1.54) is 30.3 Å². The fourth-order valence-corrected chi connectivity index (χ4v) is 1.60. The Morgan fingerprint density at radius 2 is 1.95 bits per heavy atom. The first-order valence-corrected chi connectivity index (χ1v) is 5.42. The lowest BCUT2D eigenvalue weighted by Gasteiger charge is -2.10. The van der Waals surface area contributed by atoms with E-state index in [0.29, 0.717) is 5.56 Å². The van der Waals surface area contributed by atoms with Crippen molar-refractivity contribution in [3.8, 4) is 23.1 Å². The van der Waals surface area contributed by atoms with E-state index in [-0.39, 0.29) is 22.8 Å². The first kappa shape index (κ1) is 13.7. The summed E-state index contributed by atoms with van der Waals surface area (Å²) >= 11 is 0. The van der Waals surface area contributed by atoms with Crippen LogP contribution in [0.4, 0.5) is 18.9 Å². The van der Waals surface area contributed by atoms with Gasteiger partial charge in [-0.05, 0) is 24.3 Å². The minimum atomic E-state index is -4.77. The number of anilines is 1. The second kappa shape index (κ2) is 5.09. The van der Waals surface area contributed by atoms with Gasteiger partial charge >= 0.3 is 6.36 Å². The molecule has 2 N–H and O–H groups in total. The van der Waals surface area contributed by atoms with E-state index in [2.05, 4.69) is 9.72 Å². The van der Waals surface area contributed by atoms with Crippen LogP contribution >= 0.6 is 0 Å². The van der Waals surface area contributed by atoms with Crippen molar-refractivity contribution in [3.05, 3.63) is 42.1 Å². The summed E-state index contributed by atoms with van der Waals surface area (Å²) in [6, 6.07) is 9.98. The van der Waals surface area contributed by atoms with E-state index in [1.54, 1.807) is 0 Å². The van der Waals surface area contributed by atoms with Crippen molar-refractivity contribution < 1.29 is 17.9 Å².